The zero-order valence-electron chi connectivity index (χ0n) is 8.84. The molecule has 14 heavy (non-hydrogen) atoms. The standard InChI is InChI=1S/C12H16FN/c1-9(2)8-12(3,14)10-4-6-11(13)7-5-10/h4-8H,14H2,1-3H3. The maximum atomic E-state index is 12.7. The van der Waals surface area contributed by atoms with Crippen LogP contribution in [0.3, 0.4) is 0 Å². The van der Waals surface area contributed by atoms with Gasteiger partial charge in [0.25, 0.3) is 0 Å². The number of benzene rings is 1. The lowest BCUT2D eigenvalue weighted by atomic mass is 9.91. The maximum absolute atomic E-state index is 12.7. The van der Waals surface area contributed by atoms with Gasteiger partial charge >= 0.3 is 0 Å². The Labute approximate surface area is 84.4 Å². The van der Waals surface area contributed by atoms with E-state index >= 15 is 0 Å². The number of nitrogens with two attached hydrogens (primary N) is 1. The molecule has 1 aromatic rings. The van der Waals surface area contributed by atoms with Crippen LogP contribution in [-0.2, 0) is 5.54 Å². The quantitative estimate of drug-likeness (QED) is 0.718. The van der Waals surface area contributed by atoms with Gasteiger partial charge in [0.1, 0.15) is 5.82 Å². The lowest BCUT2D eigenvalue weighted by Crippen LogP contribution is -2.30. The average molecular weight is 193 g/mol. The minimum Gasteiger partial charge on any atom is -0.318 e. The summed E-state index contributed by atoms with van der Waals surface area (Å²) in [5.74, 6) is -0.234. The zero-order valence-corrected chi connectivity index (χ0v) is 8.84. The third kappa shape index (κ3) is 2.67. The molecule has 0 aliphatic heterocycles. The molecule has 1 rings (SSSR count). The molecule has 76 valence electrons. The molecule has 0 amide bonds. The Kier molecular flexibility index (Phi) is 3.06. The van der Waals surface area contributed by atoms with Gasteiger partial charge in [-0.25, -0.2) is 4.39 Å². The van der Waals surface area contributed by atoms with Crippen molar-refractivity contribution >= 4 is 0 Å². The summed E-state index contributed by atoms with van der Waals surface area (Å²) in [6, 6.07) is 6.29. The SMILES string of the molecule is CC(C)=CC(C)(N)c1ccc(F)cc1. The highest BCUT2D eigenvalue weighted by Gasteiger charge is 2.17. The first-order chi connectivity index (χ1) is 6.42. The molecule has 0 aromatic heterocycles. The summed E-state index contributed by atoms with van der Waals surface area (Å²) in [6.07, 6.45) is 1.97. The van der Waals surface area contributed by atoms with E-state index in [-0.39, 0.29) is 5.82 Å². The molecule has 0 heterocycles. The molecule has 0 aliphatic carbocycles. The topological polar surface area (TPSA) is 26.0 Å². The predicted molar refractivity (Wildman–Crippen MR) is 57.4 cm³/mol. The summed E-state index contributed by atoms with van der Waals surface area (Å²) in [7, 11) is 0. The second-order valence-electron chi connectivity index (χ2n) is 4.01. The van der Waals surface area contributed by atoms with Gasteiger partial charge in [0, 0.05) is 0 Å². The van der Waals surface area contributed by atoms with Gasteiger partial charge in [0.15, 0.2) is 0 Å². The fourth-order valence-electron chi connectivity index (χ4n) is 1.49. The minimum absolute atomic E-state index is 0.234. The fourth-order valence-corrected chi connectivity index (χ4v) is 1.49. The summed E-state index contributed by atoms with van der Waals surface area (Å²) in [5.41, 5.74) is 7.64. The van der Waals surface area contributed by atoms with E-state index in [2.05, 4.69) is 0 Å². The van der Waals surface area contributed by atoms with Gasteiger partial charge in [-0.2, -0.15) is 0 Å². The number of allylic oxidation sites excluding steroid dienone is 1. The highest BCUT2D eigenvalue weighted by molar-refractivity contribution is 5.29. The Bertz CT molecular complexity index is 332. The van der Waals surface area contributed by atoms with Crippen LogP contribution in [0, 0.1) is 5.82 Å². The van der Waals surface area contributed by atoms with E-state index < -0.39 is 5.54 Å². The van der Waals surface area contributed by atoms with Crippen molar-refractivity contribution in [2.75, 3.05) is 0 Å². The summed E-state index contributed by atoms with van der Waals surface area (Å²) in [5, 5.41) is 0. The molecule has 1 aromatic carbocycles. The van der Waals surface area contributed by atoms with E-state index in [4.69, 9.17) is 5.73 Å². The van der Waals surface area contributed by atoms with E-state index in [1.54, 1.807) is 12.1 Å². The molecular formula is C12H16FN. The molecule has 2 heteroatoms. The van der Waals surface area contributed by atoms with Crippen molar-refractivity contribution in [2.45, 2.75) is 26.3 Å². The summed E-state index contributed by atoms with van der Waals surface area (Å²) in [4.78, 5) is 0. The third-order valence-electron chi connectivity index (χ3n) is 2.05. The second kappa shape index (κ2) is 3.93. The molecule has 0 bridgehead atoms. The van der Waals surface area contributed by atoms with Crippen LogP contribution in [-0.4, -0.2) is 0 Å². The van der Waals surface area contributed by atoms with Crippen LogP contribution < -0.4 is 5.73 Å². The van der Waals surface area contributed by atoms with Crippen LogP contribution in [0.1, 0.15) is 26.3 Å². The molecule has 2 N–H and O–H groups in total. The second-order valence-corrected chi connectivity index (χ2v) is 4.01. The number of hydrogen-bond donors (Lipinski definition) is 1. The first kappa shape index (κ1) is 10.9. The van der Waals surface area contributed by atoms with Crippen molar-refractivity contribution in [1.29, 1.82) is 0 Å². The van der Waals surface area contributed by atoms with Crippen LogP contribution in [0.25, 0.3) is 0 Å². The van der Waals surface area contributed by atoms with Gasteiger partial charge in [-0.3, -0.25) is 0 Å². The number of halogens is 1. The number of hydrogen-bond acceptors (Lipinski definition) is 1. The van der Waals surface area contributed by atoms with E-state index in [1.807, 2.05) is 26.8 Å². The molecule has 0 aliphatic rings. The normalized spacial score (nSPS) is 14.6. The molecule has 0 radical (unpaired) electrons. The molecule has 0 spiro atoms. The smallest absolute Gasteiger partial charge is 0.123 e. The highest BCUT2D eigenvalue weighted by atomic mass is 19.1. The van der Waals surface area contributed by atoms with Crippen LogP contribution in [0.5, 0.6) is 0 Å². The molecule has 0 saturated heterocycles. The maximum Gasteiger partial charge on any atom is 0.123 e. The Morgan fingerprint density at radius 1 is 1.29 bits per heavy atom. The van der Waals surface area contributed by atoms with Crippen molar-refractivity contribution < 1.29 is 4.39 Å². The van der Waals surface area contributed by atoms with Crippen LogP contribution in [0.15, 0.2) is 35.9 Å². The Balaban J connectivity index is 3.04. The minimum atomic E-state index is -0.521. The van der Waals surface area contributed by atoms with Crippen LogP contribution >= 0.6 is 0 Å². The van der Waals surface area contributed by atoms with Crippen LogP contribution in [0.4, 0.5) is 4.39 Å². The molecule has 1 nitrogen and oxygen atoms in total. The lowest BCUT2D eigenvalue weighted by molar-refractivity contribution is 0.607. The molecule has 0 saturated carbocycles. The van der Waals surface area contributed by atoms with E-state index in [9.17, 15) is 4.39 Å². The molecule has 0 fully saturated rings. The molecule has 1 atom stereocenters. The highest BCUT2D eigenvalue weighted by Crippen LogP contribution is 2.20. The van der Waals surface area contributed by atoms with Gasteiger partial charge < -0.3 is 5.73 Å². The van der Waals surface area contributed by atoms with Crippen molar-refractivity contribution in [1.82, 2.24) is 0 Å². The van der Waals surface area contributed by atoms with E-state index in [0.29, 0.717) is 0 Å². The Hall–Kier alpha value is -1.15. The zero-order chi connectivity index (χ0) is 10.8. The van der Waals surface area contributed by atoms with Gasteiger partial charge in [0.05, 0.1) is 5.54 Å². The van der Waals surface area contributed by atoms with Crippen LogP contribution in [0.2, 0.25) is 0 Å². The predicted octanol–water partition coefficient (Wildman–Crippen LogP) is 2.97. The Morgan fingerprint density at radius 3 is 2.21 bits per heavy atom. The van der Waals surface area contributed by atoms with Gasteiger partial charge in [-0.05, 0) is 38.5 Å². The van der Waals surface area contributed by atoms with Gasteiger partial charge in [-0.15, -0.1) is 0 Å². The van der Waals surface area contributed by atoms with E-state index in [0.717, 1.165) is 11.1 Å². The van der Waals surface area contributed by atoms with Crippen molar-refractivity contribution in [3.8, 4) is 0 Å². The van der Waals surface area contributed by atoms with Gasteiger partial charge in [-0.1, -0.05) is 23.8 Å². The fraction of sp³-hybridized carbons (Fsp3) is 0.333. The summed E-state index contributed by atoms with van der Waals surface area (Å²) in [6.45, 7) is 5.90. The summed E-state index contributed by atoms with van der Waals surface area (Å²) < 4.78 is 12.7. The largest absolute Gasteiger partial charge is 0.318 e. The monoisotopic (exact) mass is 193 g/mol. The van der Waals surface area contributed by atoms with Crippen molar-refractivity contribution in [2.24, 2.45) is 5.73 Å². The first-order valence-corrected chi connectivity index (χ1v) is 4.63. The van der Waals surface area contributed by atoms with Crippen molar-refractivity contribution in [3.63, 3.8) is 0 Å². The number of rotatable bonds is 2. The van der Waals surface area contributed by atoms with E-state index in [1.165, 1.54) is 12.1 Å². The van der Waals surface area contributed by atoms with Crippen molar-refractivity contribution in [3.05, 3.63) is 47.3 Å². The molecule has 1 unspecified atom stereocenters. The van der Waals surface area contributed by atoms with Gasteiger partial charge in [0.2, 0.25) is 0 Å². The first-order valence-electron chi connectivity index (χ1n) is 4.63. The average Bonchev–Trinajstić information content (AvgIpc) is 2.02. The Morgan fingerprint density at radius 2 is 1.79 bits per heavy atom. The molecular weight excluding hydrogens is 177 g/mol. The summed E-state index contributed by atoms with van der Waals surface area (Å²) >= 11 is 0. The third-order valence-corrected chi connectivity index (χ3v) is 2.05. The lowest BCUT2D eigenvalue weighted by Gasteiger charge is -2.21.